The van der Waals surface area contributed by atoms with Crippen LogP contribution in [0.1, 0.15) is 22.4 Å². The number of hydrogen-bond acceptors (Lipinski definition) is 5. The second kappa shape index (κ2) is 8.06. The highest BCUT2D eigenvalue weighted by Gasteiger charge is 2.15. The molecule has 8 nitrogen and oxygen atoms in total. The van der Waals surface area contributed by atoms with Gasteiger partial charge in [-0.2, -0.15) is 0 Å². The van der Waals surface area contributed by atoms with Gasteiger partial charge in [-0.05, 0) is 68.7 Å². The Bertz CT molecular complexity index is 1350. The predicted molar refractivity (Wildman–Crippen MR) is 121 cm³/mol. The van der Waals surface area contributed by atoms with Crippen molar-refractivity contribution in [2.75, 3.05) is 10.6 Å². The Labute approximate surface area is 179 Å². The van der Waals surface area contributed by atoms with Crippen LogP contribution in [0.15, 0.2) is 53.3 Å². The van der Waals surface area contributed by atoms with Gasteiger partial charge in [0.25, 0.3) is 0 Å². The molecule has 158 valence electrons. The molecule has 1 amide bonds. The van der Waals surface area contributed by atoms with Crippen molar-refractivity contribution in [1.29, 1.82) is 0 Å². The number of hydrogen-bond donors (Lipinski definition) is 2. The molecule has 2 aromatic carbocycles. The van der Waals surface area contributed by atoms with Gasteiger partial charge in [-0.1, -0.05) is 18.2 Å². The third-order valence-corrected chi connectivity index (χ3v) is 5.05. The molecule has 0 aliphatic heterocycles. The van der Waals surface area contributed by atoms with Crippen molar-refractivity contribution in [3.63, 3.8) is 0 Å². The normalized spacial score (nSPS) is 11.0. The molecule has 0 spiro atoms. The summed E-state index contributed by atoms with van der Waals surface area (Å²) in [5, 5.41) is 10.3. The minimum absolute atomic E-state index is 0.198. The van der Waals surface area contributed by atoms with Crippen LogP contribution in [0, 0.1) is 27.7 Å². The maximum atomic E-state index is 13.0. The van der Waals surface area contributed by atoms with Gasteiger partial charge in [-0.15, -0.1) is 5.10 Å². The largest absolute Gasteiger partial charge is 0.353 e. The molecule has 2 N–H and O–H groups in total. The van der Waals surface area contributed by atoms with Gasteiger partial charge in [0, 0.05) is 23.1 Å². The van der Waals surface area contributed by atoms with E-state index in [-0.39, 0.29) is 12.5 Å². The van der Waals surface area contributed by atoms with Crippen LogP contribution in [-0.4, -0.2) is 25.1 Å². The molecule has 0 saturated carbocycles. The molecule has 0 unspecified atom stereocenters. The van der Waals surface area contributed by atoms with Crippen molar-refractivity contribution in [2.45, 2.75) is 34.2 Å². The monoisotopic (exact) mass is 416 g/mol. The van der Waals surface area contributed by atoms with Gasteiger partial charge in [-0.25, -0.2) is 18.9 Å². The van der Waals surface area contributed by atoms with Gasteiger partial charge in [-0.3, -0.25) is 4.79 Å². The third-order valence-electron chi connectivity index (χ3n) is 5.05. The summed E-state index contributed by atoms with van der Waals surface area (Å²) in [6, 6.07) is 15.1. The molecular weight excluding hydrogens is 392 g/mol. The first-order valence-corrected chi connectivity index (χ1v) is 9.98. The standard InChI is InChI=1S/C23H24N6O2/c1-14-6-5-7-18(10-14)25-21(30)13-28-23(31)29-20(27-28)12-17(4)24-22(29)26-19-9-8-15(2)16(3)11-19/h5-12H,13H2,1-4H3,(H,24,26)(H,25,30). The lowest BCUT2D eigenvalue weighted by Gasteiger charge is -2.09. The first kappa shape index (κ1) is 20.3. The molecule has 0 radical (unpaired) electrons. The number of rotatable bonds is 5. The molecule has 0 aliphatic rings. The molecule has 0 bridgehead atoms. The molecule has 8 heteroatoms. The van der Waals surface area contributed by atoms with E-state index in [1.165, 1.54) is 9.96 Å². The Morgan fingerprint density at radius 1 is 0.968 bits per heavy atom. The summed E-state index contributed by atoms with van der Waals surface area (Å²) in [6.07, 6.45) is 0. The van der Waals surface area contributed by atoms with Gasteiger partial charge in [0.2, 0.25) is 11.9 Å². The summed E-state index contributed by atoms with van der Waals surface area (Å²) in [5.74, 6) is 0.0260. The number of fused-ring (bicyclic) bond motifs is 1. The maximum Gasteiger partial charge on any atom is 0.353 e. The molecule has 4 aromatic rings. The van der Waals surface area contributed by atoms with Crippen LogP contribution in [0.4, 0.5) is 17.3 Å². The van der Waals surface area contributed by atoms with Crippen molar-refractivity contribution >= 4 is 28.9 Å². The van der Waals surface area contributed by atoms with E-state index < -0.39 is 5.69 Å². The molecular formula is C23H24N6O2. The summed E-state index contributed by atoms with van der Waals surface area (Å²) in [7, 11) is 0. The Balaban J connectivity index is 1.65. The van der Waals surface area contributed by atoms with Crippen LogP contribution in [0.3, 0.4) is 0 Å². The van der Waals surface area contributed by atoms with E-state index in [2.05, 4.69) is 20.7 Å². The van der Waals surface area contributed by atoms with Crippen molar-refractivity contribution in [2.24, 2.45) is 0 Å². The highest BCUT2D eigenvalue weighted by atomic mass is 16.2. The third kappa shape index (κ3) is 4.32. The Hall–Kier alpha value is -3.94. The number of carbonyl (C=O) groups excluding carboxylic acids is 1. The Kier molecular flexibility index (Phi) is 5.29. The fourth-order valence-corrected chi connectivity index (χ4v) is 3.35. The van der Waals surface area contributed by atoms with Crippen molar-refractivity contribution in [3.05, 3.63) is 81.4 Å². The lowest BCUT2D eigenvalue weighted by atomic mass is 10.1. The van der Waals surface area contributed by atoms with Crippen LogP contribution in [0.2, 0.25) is 0 Å². The second-order valence-corrected chi connectivity index (χ2v) is 7.70. The fraction of sp³-hybridized carbons (Fsp3) is 0.217. The molecule has 0 saturated heterocycles. The number of carbonyl (C=O) groups is 1. The van der Waals surface area contributed by atoms with Crippen LogP contribution < -0.4 is 16.3 Å². The van der Waals surface area contributed by atoms with Crippen LogP contribution in [0.5, 0.6) is 0 Å². The lowest BCUT2D eigenvalue weighted by molar-refractivity contribution is -0.117. The maximum absolute atomic E-state index is 13.0. The Morgan fingerprint density at radius 2 is 1.77 bits per heavy atom. The van der Waals surface area contributed by atoms with E-state index in [1.807, 2.05) is 64.1 Å². The molecule has 31 heavy (non-hydrogen) atoms. The minimum Gasteiger partial charge on any atom is -0.325 e. The molecule has 0 atom stereocenters. The summed E-state index contributed by atoms with van der Waals surface area (Å²) >= 11 is 0. The summed E-state index contributed by atoms with van der Waals surface area (Å²) < 4.78 is 2.52. The molecule has 2 heterocycles. The quantitative estimate of drug-likeness (QED) is 0.519. The van der Waals surface area contributed by atoms with Gasteiger partial charge >= 0.3 is 5.69 Å². The first-order valence-electron chi connectivity index (χ1n) is 9.98. The highest BCUT2D eigenvalue weighted by Crippen LogP contribution is 2.19. The van der Waals surface area contributed by atoms with Gasteiger partial charge in [0.15, 0.2) is 5.65 Å². The average Bonchev–Trinajstić information content (AvgIpc) is 2.99. The van der Waals surface area contributed by atoms with Crippen LogP contribution in [0.25, 0.3) is 5.65 Å². The fourth-order valence-electron chi connectivity index (χ4n) is 3.35. The number of benzene rings is 2. The molecule has 0 fully saturated rings. The van der Waals surface area contributed by atoms with E-state index in [4.69, 9.17) is 0 Å². The van der Waals surface area contributed by atoms with Crippen molar-refractivity contribution in [3.8, 4) is 0 Å². The predicted octanol–water partition coefficient (Wildman–Crippen LogP) is 3.51. The van der Waals surface area contributed by atoms with E-state index in [0.717, 1.165) is 21.5 Å². The summed E-state index contributed by atoms with van der Waals surface area (Å²) in [4.78, 5) is 30.0. The molecule has 2 aromatic heterocycles. The van der Waals surface area contributed by atoms with E-state index in [9.17, 15) is 9.59 Å². The van der Waals surface area contributed by atoms with Crippen molar-refractivity contribution in [1.82, 2.24) is 19.2 Å². The zero-order valence-electron chi connectivity index (χ0n) is 17.9. The van der Waals surface area contributed by atoms with E-state index in [0.29, 0.717) is 23.0 Å². The van der Waals surface area contributed by atoms with Crippen molar-refractivity contribution < 1.29 is 4.79 Å². The first-order chi connectivity index (χ1) is 14.8. The number of amides is 1. The van der Waals surface area contributed by atoms with Crippen LogP contribution >= 0.6 is 0 Å². The average molecular weight is 416 g/mol. The topological polar surface area (TPSA) is 93.3 Å². The number of nitrogens with zero attached hydrogens (tertiary/aromatic N) is 4. The lowest BCUT2D eigenvalue weighted by Crippen LogP contribution is -2.29. The van der Waals surface area contributed by atoms with Crippen LogP contribution in [-0.2, 0) is 11.3 Å². The number of aryl methyl sites for hydroxylation is 4. The number of aromatic nitrogens is 4. The second-order valence-electron chi connectivity index (χ2n) is 7.70. The number of anilines is 3. The summed E-state index contributed by atoms with van der Waals surface area (Å²) in [5.41, 5.74) is 5.53. The van der Waals surface area contributed by atoms with E-state index >= 15 is 0 Å². The summed E-state index contributed by atoms with van der Waals surface area (Å²) in [6.45, 7) is 7.65. The van der Waals surface area contributed by atoms with Gasteiger partial charge in [0.1, 0.15) is 6.54 Å². The SMILES string of the molecule is Cc1cccc(NC(=O)Cn2nc3cc(C)nc(Nc4ccc(C)c(C)c4)n3c2=O)c1. The smallest absolute Gasteiger partial charge is 0.325 e. The highest BCUT2D eigenvalue weighted by molar-refractivity contribution is 5.90. The number of nitrogens with one attached hydrogen (secondary N) is 2. The molecule has 0 aliphatic carbocycles. The Morgan fingerprint density at radius 3 is 2.52 bits per heavy atom. The van der Waals surface area contributed by atoms with Gasteiger partial charge < -0.3 is 10.6 Å². The van der Waals surface area contributed by atoms with Gasteiger partial charge in [0.05, 0.1) is 0 Å². The van der Waals surface area contributed by atoms with E-state index in [1.54, 1.807) is 12.1 Å². The zero-order chi connectivity index (χ0) is 22.1. The molecule has 4 rings (SSSR count). The minimum atomic E-state index is -0.437. The zero-order valence-corrected chi connectivity index (χ0v) is 17.9.